The number of nitrogens with zero attached hydrogens (tertiary/aromatic N) is 4. The van der Waals surface area contributed by atoms with Gasteiger partial charge in [0.15, 0.2) is 5.52 Å². The molecule has 0 saturated heterocycles. The van der Waals surface area contributed by atoms with Crippen molar-refractivity contribution in [3.63, 3.8) is 0 Å². The summed E-state index contributed by atoms with van der Waals surface area (Å²) in [5, 5.41) is 2.88. The van der Waals surface area contributed by atoms with Crippen LogP contribution in [-0.2, 0) is 16.6 Å². The van der Waals surface area contributed by atoms with Gasteiger partial charge in [0, 0.05) is 48.3 Å². The summed E-state index contributed by atoms with van der Waals surface area (Å²) >= 11 is 0. The van der Waals surface area contributed by atoms with Gasteiger partial charge in [0.2, 0.25) is 10.0 Å². The second kappa shape index (κ2) is 11.7. The molecule has 47 heavy (non-hydrogen) atoms. The van der Waals surface area contributed by atoms with Crippen LogP contribution in [0.15, 0.2) is 75.9 Å². The van der Waals surface area contributed by atoms with Gasteiger partial charge in [0.1, 0.15) is 34.6 Å². The van der Waals surface area contributed by atoms with Crippen molar-refractivity contribution in [3.05, 3.63) is 111 Å². The van der Waals surface area contributed by atoms with Crippen molar-refractivity contribution in [2.24, 2.45) is 0 Å². The van der Waals surface area contributed by atoms with Crippen LogP contribution in [0.2, 0.25) is 0 Å². The number of sulfonamides is 1. The first-order valence-corrected chi connectivity index (χ1v) is 16.0. The Morgan fingerprint density at radius 2 is 1.68 bits per heavy atom. The van der Waals surface area contributed by atoms with E-state index in [0.717, 1.165) is 22.7 Å². The van der Waals surface area contributed by atoms with E-state index < -0.39 is 38.9 Å². The Morgan fingerprint density at radius 1 is 0.979 bits per heavy atom. The Labute approximate surface area is 266 Å². The number of halogens is 3. The van der Waals surface area contributed by atoms with Gasteiger partial charge in [-0.15, -0.1) is 0 Å². The van der Waals surface area contributed by atoms with Crippen molar-refractivity contribution < 1.29 is 30.8 Å². The normalized spacial score (nSPS) is 11.7. The molecular formula is C33H26F3N5O5S. The third-order valence-corrected chi connectivity index (χ3v) is 9.01. The molecule has 0 aliphatic rings. The molecule has 0 bridgehead atoms. The number of amides is 1. The number of aromatic nitrogens is 3. The molecule has 3 heterocycles. The number of pyridine rings is 1. The quantitative estimate of drug-likeness (QED) is 0.243. The maximum absolute atomic E-state index is 14.5. The van der Waals surface area contributed by atoms with Crippen molar-refractivity contribution in [2.45, 2.75) is 13.5 Å². The van der Waals surface area contributed by atoms with E-state index in [2.05, 4.69) is 15.3 Å². The zero-order chi connectivity index (χ0) is 33.8. The number of hydrogen-bond donors (Lipinski definition) is 1. The molecule has 0 atom stereocenters. The molecule has 3 aromatic heterocycles. The Bertz CT molecular complexity index is 2410. The van der Waals surface area contributed by atoms with Crippen LogP contribution in [0.3, 0.4) is 0 Å². The number of fused-ring (bicyclic) bond motifs is 2. The van der Waals surface area contributed by atoms with Gasteiger partial charge >= 0.3 is 0 Å². The molecule has 10 nitrogen and oxygen atoms in total. The maximum atomic E-state index is 14.5. The molecule has 0 aliphatic heterocycles. The molecule has 3 aromatic carbocycles. The standard InChI is InChI=1S/C33H26F3N5O5S/c1-17-38-26-12-11-25(39-30(26)33(43)41(17)16-19-7-10-21(35)13-24(19)36)22-14-23-28(15-27(22)40(3)47(4,44)45)46-31(29(23)32(42)37-2)18-5-8-20(34)9-6-18/h5-15H,16H2,1-4H3,(H,37,42). The number of hydrogen-bond acceptors (Lipinski definition) is 7. The highest BCUT2D eigenvalue weighted by atomic mass is 32.2. The summed E-state index contributed by atoms with van der Waals surface area (Å²) < 4.78 is 75.5. The minimum atomic E-state index is -3.84. The predicted octanol–water partition coefficient (Wildman–Crippen LogP) is 5.40. The van der Waals surface area contributed by atoms with E-state index in [4.69, 9.17) is 4.42 Å². The lowest BCUT2D eigenvalue weighted by molar-refractivity contribution is 0.0964. The van der Waals surface area contributed by atoms with Gasteiger partial charge in [0.05, 0.1) is 35.3 Å². The van der Waals surface area contributed by atoms with Crippen LogP contribution < -0.4 is 15.2 Å². The lowest BCUT2D eigenvalue weighted by atomic mass is 10.0. The minimum absolute atomic E-state index is 0.0649. The second-order valence-electron chi connectivity index (χ2n) is 10.8. The molecule has 240 valence electrons. The van der Waals surface area contributed by atoms with Crippen molar-refractivity contribution in [1.82, 2.24) is 19.9 Å². The Kier molecular flexibility index (Phi) is 7.83. The summed E-state index contributed by atoms with van der Waals surface area (Å²) in [5.74, 6) is -2.19. The lowest BCUT2D eigenvalue weighted by Crippen LogP contribution is -2.26. The molecule has 0 radical (unpaired) electrons. The molecule has 1 amide bonds. The fourth-order valence-corrected chi connectivity index (χ4v) is 5.81. The highest BCUT2D eigenvalue weighted by molar-refractivity contribution is 7.92. The topological polar surface area (TPSA) is 127 Å². The SMILES string of the molecule is CNC(=O)c1c(-c2ccc(F)cc2)oc2cc(N(C)S(C)(=O)=O)c(-c3ccc4nc(C)n(Cc5ccc(F)cc5F)c(=O)c4n3)cc12. The van der Waals surface area contributed by atoms with E-state index >= 15 is 0 Å². The Balaban J connectivity index is 1.60. The predicted molar refractivity (Wildman–Crippen MR) is 171 cm³/mol. The minimum Gasteiger partial charge on any atom is -0.455 e. The summed E-state index contributed by atoms with van der Waals surface area (Å²) in [5.41, 5.74) is 0.825. The van der Waals surface area contributed by atoms with Crippen LogP contribution in [0, 0.1) is 24.4 Å². The third-order valence-electron chi connectivity index (χ3n) is 7.82. The van der Waals surface area contributed by atoms with Crippen molar-refractivity contribution in [1.29, 1.82) is 0 Å². The first-order valence-electron chi connectivity index (χ1n) is 14.1. The van der Waals surface area contributed by atoms with Gasteiger partial charge in [-0.05, 0) is 55.5 Å². The number of rotatable bonds is 7. The van der Waals surface area contributed by atoms with E-state index in [0.29, 0.717) is 10.9 Å². The number of aryl methyl sites for hydroxylation is 1. The zero-order valence-electron chi connectivity index (χ0n) is 25.4. The molecular weight excluding hydrogens is 635 g/mol. The highest BCUT2D eigenvalue weighted by Crippen LogP contribution is 2.41. The number of benzene rings is 3. The van der Waals surface area contributed by atoms with Crippen LogP contribution in [-0.4, -0.2) is 49.2 Å². The van der Waals surface area contributed by atoms with Crippen LogP contribution in [0.4, 0.5) is 18.9 Å². The summed E-state index contributed by atoms with van der Waals surface area (Å²) in [7, 11) is -1.07. The second-order valence-corrected chi connectivity index (χ2v) is 12.9. The molecule has 0 fully saturated rings. The lowest BCUT2D eigenvalue weighted by Gasteiger charge is -2.20. The summed E-state index contributed by atoms with van der Waals surface area (Å²) in [6, 6.07) is 14.5. The highest BCUT2D eigenvalue weighted by Gasteiger charge is 2.27. The zero-order valence-corrected chi connectivity index (χ0v) is 26.2. The van der Waals surface area contributed by atoms with E-state index in [1.165, 1.54) is 61.1 Å². The van der Waals surface area contributed by atoms with Gasteiger partial charge in [-0.25, -0.2) is 31.6 Å². The van der Waals surface area contributed by atoms with Crippen molar-refractivity contribution in [2.75, 3.05) is 24.7 Å². The summed E-state index contributed by atoms with van der Waals surface area (Å²) in [6.45, 7) is 1.33. The smallest absolute Gasteiger partial charge is 0.280 e. The first kappa shape index (κ1) is 31.5. The average molecular weight is 662 g/mol. The largest absolute Gasteiger partial charge is 0.455 e. The molecule has 0 unspecified atom stereocenters. The number of nitrogens with one attached hydrogen (secondary N) is 1. The number of carbonyl (C=O) groups excluding carboxylic acids is 1. The summed E-state index contributed by atoms with van der Waals surface area (Å²) in [6.07, 6.45) is 1.01. The Morgan fingerprint density at radius 3 is 2.34 bits per heavy atom. The van der Waals surface area contributed by atoms with Gasteiger partial charge in [-0.3, -0.25) is 18.5 Å². The van der Waals surface area contributed by atoms with E-state index in [9.17, 15) is 31.2 Å². The van der Waals surface area contributed by atoms with Crippen LogP contribution in [0.5, 0.6) is 0 Å². The van der Waals surface area contributed by atoms with Crippen molar-refractivity contribution in [3.8, 4) is 22.6 Å². The van der Waals surface area contributed by atoms with Crippen molar-refractivity contribution >= 4 is 43.6 Å². The Hall–Kier alpha value is -5.50. The fraction of sp³-hybridized carbons (Fsp3) is 0.152. The van der Waals surface area contributed by atoms with E-state index in [1.807, 2.05) is 0 Å². The molecule has 6 rings (SSSR count). The number of anilines is 1. The fourth-order valence-electron chi connectivity index (χ4n) is 5.30. The average Bonchev–Trinajstić information content (AvgIpc) is 3.41. The molecule has 0 saturated carbocycles. The molecule has 6 aromatic rings. The van der Waals surface area contributed by atoms with Gasteiger partial charge in [-0.2, -0.15) is 0 Å². The molecule has 0 spiro atoms. The van der Waals surface area contributed by atoms with E-state index in [1.54, 1.807) is 19.1 Å². The monoisotopic (exact) mass is 661 g/mol. The van der Waals surface area contributed by atoms with E-state index in [-0.39, 0.29) is 62.8 Å². The molecule has 14 heteroatoms. The summed E-state index contributed by atoms with van der Waals surface area (Å²) in [4.78, 5) is 36.0. The first-order chi connectivity index (χ1) is 22.3. The number of furan rings is 1. The third kappa shape index (κ3) is 5.71. The van der Waals surface area contributed by atoms with Gasteiger partial charge in [0.25, 0.3) is 11.5 Å². The molecule has 1 N–H and O–H groups in total. The van der Waals surface area contributed by atoms with Gasteiger partial charge < -0.3 is 9.73 Å². The molecule has 0 aliphatic carbocycles. The number of carbonyl (C=O) groups is 1. The van der Waals surface area contributed by atoms with Crippen LogP contribution in [0.1, 0.15) is 21.7 Å². The van der Waals surface area contributed by atoms with Gasteiger partial charge in [-0.1, -0.05) is 6.07 Å². The van der Waals surface area contributed by atoms with Crippen LogP contribution in [0.25, 0.3) is 44.6 Å². The van der Waals surface area contributed by atoms with Crippen LogP contribution >= 0.6 is 0 Å². The maximum Gasteiger partial charge on any atom is 0.280 e.